The minimum absolute atomic E-state index is 1.19. The summed E-state index contributed by atoms with van der Waals surface area (Å²) in [7, 11) is 0. The maximum absolute atomic E-state index is 2.39. The van der Waals surface area contributed by atoms with E-state index in [1.807, 2.05) is 11.3 Å². The molecule has 0 spiro atoms. The number of hydrogen-bond donors (Lipinski definition) is 0. The van der Waals surface area contributed by atoms with E-state index in [-0.39, 0.29) is 0 Å². The van der Waals surface area contributed by atoms with Gasteiger partial charge in [-0.05, 0) is 92.0 Å². The van der Waals surface area contributed by atoms with Crippen LogP contribution in [-0.2, 0) is 0 Å². The Labute approximate surface area is 247 Å². The molecule has 0 aliphatic rings. The van der Waals surface area contributed by atoms with E-state index in [1.54, 1.807) is 0 Å². The summed E-state index contributed by atoms with van der Waals surface area (Å²) in [5.74, 6) is 0. The van der Waals surface area contributed by atoms with Gasteiger partial charge in [-0.1, -0.05) is 103 Å². The lowest BCUT2D eigenvalue weighted by Crippen LogP contribution is -1.92. The van der Waals surface area contributed by atoms with Gasteiger partial charge in [-0.15, -0.1) is 11.3 Å². The second-order valence-electron chi connectivity index (χ2n) is 10.9. The van der Waals surface area contributed by atoms with E-state index in [0.29, 0.717) is 0 Å². The first-order valence-electron chi connectivity index (χ1n) is 14.4. The summed E-state index contributed by atoms with van der Waals surface area (Å²) >= 11 is 1.87. The maximum atomic E-state index is 2.39. The molecule has 2 aromatic heterocycles. The van der Waals surface area contributed by atoms with Gasteiger partial charge >= 0.3 is 0 Å². The van der Waals surface area contributed by atoms with Crippen molar-refractivity contribution in [2.24, 2.45) is 0 Å². The Hall–Kier alpha value is -5.18. The highest BCUT2D eigenvalue weighted by atomic mass is 32.1. The van der Waals surface area contributed by atoms with Gasteiger partial charge in [-0.3, -0.25) is 0 Å². The van der Waals surface area contributed by atoms with Gasteiger partial charge < -0.3 is 4.57 Å². The van der Waals surface area contributed by atoms with Gasteiger partial charge in [0, 0.05) is 26.2 Å². The van der Waals surface area contributed by atoms with Gasteiger partial charge in [0.1, 0.15) is 0 Å². The molecule has 0 aliphatic carbocycles. The molecule has 0 saturated heterocycles. The van der Waals surface area contributed by atoms with Gasteiger partial charge in [-0.25, -0.2) is 0 Å². The first kappa shape index (κ1) is 23.5. The topological polar surface area (TPSA) is 4.93 Å². The number of thiophene rings is 1. The minimum atomic E-state index is 1.19. The Kier molecular flexibility index (Phi) is 5.13. The first-order valence-corrected chi connectivity index (χ1v) is 15.2. The van der Waals surface area contributed by atoms with Crippen LogP contribution in [-0.4, -0.2) is 4.57 Å². The van der Waals surface area contributed by atoms with Crippen LogP contribution >= 0.6 is 11.3 Å². The smallest absolute Gasteiger partial charge is 0.0541 e. The lowest BCUT2D eigenvalue weighted by molar-refractivity contribution is 1.18. The van der Waals surface area contributed by atoms with Crippen LogP contribution in [0.25, 0.3) is 80.7 Å². The van der Waals surface area contributed by atoms with E-state index in [2.05, 4.69) is 156 Å². The molecule has 196 valence electrons. The summed E-state index contributed by atoms with van der Waals surface area (Å²) in [6.07, 6.45) is 0. The first-order chi connectivity index (χ1) is 20.8. The molecule has 0 unspecified atom stereocenters. The molecule has 9 rings (SSSR count). The second kappa shape index (κ2) is 9.17. The summed E-state index contributed by atoms with van der Waals surface area (Å²) in [4.78, 5) is 2.57. The molecule has 0 aliphatic heterocycles. The third-order valence-corrected chi connectivity index (χ3v) is 9.79. The van der Waals surface area contributed by atoms with Crippen molar-refractivity contribution in [1.29, 1.82) is 0 Å². The van der Waals surface area contributed by atoms with Crippen molar-refractivity contribution in [1.82, 2.24) is 4.57 Å². The quantitative estimate of drug-likeness (QED) is 0.192. The molecule has 0 radical (unpaired) electrons. The Bertz CT molecular complexity index is 2430. The van der Waals surface area contributed by atoms with Gasteiger partial charge in [-0.2, -0.15) is 0 Å². The van der Waals surface area contributed by atoms with Gasteiger partial charge in [0.05, 0.1) is 11.0 Å². The molecule has 9 aromatic rings. The van der Waals surface area contributed by atoms with Crippen molar-refractivity contribution in [2.45, 2.75) is 0 Å². The normalized spacial score (nSPS) is 11.8. The average Bonchev–Trinajstić information content (AvgIpc) is 3.69. The van der Waals surface area contributed by atoms with E-state index in [9.17, 15) is 0 Å². The molecule has 1 nitrogen and oxygen atoms in total. The summed E-state index contributed by atoms with van der Waals surface area (Å²) in [6, 6.07) is 55.4. The Morgan fingerprint density at radius 2 is 0.810 bits per heavy atom. The number of nitrogens with zero attached hydrogens (tertiary/aromatic N) is 1. The van der Waals surface area contributed by atoms with Crippen LogP contribution in [0.15, 0.2) is 152 Å². The minimum Gasteiger partial charge on any atom is -0.309 e. The zero-order chi connectivity index (χ0) is 27.6. The van der Waals surface area contributed by atoms with Crippen LogP contribution in [0, 0.1) is 0 Å². The molecule has 2 heteroatoms. The molecule has 7 aromatic carbocycles. The van der Waals surface area contributed by atoms with Crippen molar-refractivity contribution in [3.63, 3.8) is 0 Å². The highest BCUT2D eigenvalue weighted by Gasteiger charge is 2.15. The van der Waals surface area contributed by atoms with E-state index >= 15 is 0 Å². The predicted molar refractivity (Wildman–Crippen MR) is 182 cm³/mol. The monoisotopic (exact) mass is 551 g/mol. The van der Waals surface area contributed by atoms with E-state index in [0.717, 1.165) is 0 Å². The van der Waals surface area contributed by atoms with E-state index < -0.39 is 0 Å². The largest absolute Gasteiger partial charge is 0.309 e. The van der Waals surface area contributed by atoms with Crippen LogP contribution in [0.1, 0.15) is 0 Å². The summed E-state index contributed by atoms with van der Waals surface area (Å²) in [5.41, 5.74) is 6.18. The van der Waals surface area contributed by atoms with Gasteiger partial charge in [0.15, 0.2) is 0 Å². The third kappa shape index (κ3) is 3.49. The molecule has 0 N–H and O–H groups in total. The standard InChI is InChI=1S/C40H25NS/c1-2-10-28(11-3-1)41-37-17-9-8-16-34(37)36-25-27(19-21-38(36)41)40-23-22-39(42-40)26-18-20-33-31-14-5-4-12-29(31)30-13-6-7-15-32(30)35(33)24-26/h1-25H. The van der Waals surface area contributed by atoms with Crippen LogP contribution in [0.3, 0.4) is 0 Å². The van der Waals surface area contributed by atoms with Crippen LogP contribution in [0.2, 0.25) is 0 Å². The molecule has 0 saturated carbocycles. The number of fused-ring (bicyclic) bond motifs is 9. The fourth-order valence-electron chi connectivity index (χ4n) is 6.69. The highest BCUT2D eigenvalue weighted by Crippen LogP contribution is 2.41. The fraction of sp³-hybridized carbons (Fsp3) is 0. The lowest BCUT2D eigenvalue weighted by atomic mass is 9.93. The van der Waals surface area contributed by atoms with Crippen molar-refractivity contribution in [3.8, 4) is 26.6 Å². The van der Waals surface area contributed by atoms with Crippen molar-refractivity contribution in [2.75, 3.05) is 0 Å². The number of aromatic nitrogens is 1. The lowest BCUT2D eigenvalue weighted by Gasteiger charge is -2.11. The zero-order valence-electron chi connectivity index (χ0n) is 22.8. The van der Waals surface area contributed by atoms with Gasteiger partial charge in [0.25, 0.3) is 0 Å². The molecular formula is C40H25NS. The summed E-state index contributed by atoms with van der Waals surface area (Å²) in [6.45, 7) is 0. The Balaban J connectivity index is 1.19. The SMILES string of the molecule is c1ccc(-n2c3ccccc3c3cc(-c4ccc(-c5ccc6c7ccccc7c7ccccc7c6c5)s4)ccc32)cc1. The Morgan fingerprint density at radius 3 is 1.48 bits per heavy atom. The Morgan fingerprint density at radius 1 is 0.333 bits per heavy atom. The predicted octanol–water partition coefficient (Wildman–Crippen LogP) is 11.6. The number of rotatable bonds is 3. The molecule has 2 heterocycles. The molecule has 0 bridgehead atoms. The van der Waals surface area contributed by atoms with Crippen LogP contribution in [0.4, 0.5) is 0 Å². The summed E-state index contributed by atoms with van der Waals surface area (Å²) in [5, 5.41) is 10.4. The molecule has 0 fully saturated rings. The maximum Gasteiger partial charge on any atom is 0.0541 e. The van der Waals surface area contributed by atoms with Crippen LogP contribution < -0.4 is 0 Å². The zero-order valence-corrected chi connectivity index (χ0v) is 23.6. The van der Waals surface area contributed by atoms with Crippen LogP contribution in [0.5, 0.6) is 0 Å². The van der Waals surface area contributed by atoms with Gasteiger partial charge in [0.2, 0.25) is 0 Å². The van der Waals surface area contributed by atoms with E-state index in [4.69, 9.17) is 0 Å². The van der Waals surface area contributed by atoms with Crippen molar-refractivity contribution in [3.05, 3.63) is 152 Å². The summed E-state index contributed by atoms with van der Waals surface area (Å²) < 4.78 is 2.37. The number of benzene rings is 7. The molecule has 42 heavy (non-hydrogen) atoms. The number of hydrogen-bond acceptors (Lipinski definition) is 1. The highest BCUT2D eigenvalue weighted by molar-refractivity contribution is 7.18. The molecule has 0 amide bonds. The third-order valence-electron chi connectivity index (χ3n) is 8.61. The number of para-hydroxylation sites is 2. The van der Waals surface area contributed by atoms with Crippen molar-refractivity contribution >= 4 is 65.5 Å². The molecule has 0 atom stereocenters. The van der Waals surface area contributed by atoms with E-state index in [1.165, 1.54) is 80.7 Å². The second-order valence-corrected chi connectivity index (χ2v) is 12.0. The van der Waals surface area contributed by atoms with Crippen molar-refractivity contribution < 1.29 is 0 Å². The average molecular weight is 552 g/mol. The fourth-order valence-corrected chi connectivity index (χ4v) is 7.69. The molecular weight excluding hydrogens is 527 g/mol.